The minimum Gasteiger partial charge on any atom is -0.456 e. The first-order valence-electron chi connectivity index (χ1n) is 9.95. The first-order valence-corrected chi connectivity index (χ1v) is 9.95. The Kier molecular flexibility index (Phi) is 5.60. The molecular formula is C23H25NO4. The average Bonchev–Trinajstić information content (AvgIpc) is 3.32. The number of amides is 1. The van der Waals surface area contributed by atoms with Gasteiger partial charge in [0.25, 0.3) is 5.91 Å². The van der Waals surface area contributed by atoms with Crippen molar-refractivity contribution in [1.29, 1.82) is 0 Å². The van der Waals surface area contributed by atoms with Crippen molar-refractivity contribution in [2.45, 2.75) is 32.1 Å². The van der Waals surface area contributed by atoms with Crippen LogP contribution in [0.15, 0.2) is 54.6 Å². The van der Waals surface area contributed by atoms with E-state index in [4.69, 9.17) is 9.47 Å². The van der Waals surface area contributed by atoms with Crippen LogP contribution in [0.1, 0.15) is 32.1 Å². The van der Waals surface area contributed by atoms with Crippen LogP contribution in [0.3, 0.4) is 0 Å². The molecule has 2 aromatic rings. The Morgan fingerprint density at radius 2 is 1.75 bits per heavy atom. The number of anilines is 1. The molecule has 0 saturated heterocycles. The van der Waals surface area contributed by atoms with Crippen LogP contribution < -0.4 is 10.1 Å². The standard InChI is InChI=1S/C23H25NO4/c25-22(15-27-23(26)14-18-13-16-10-11-17(18)12-16)24-20-8-4-5-9-21(20)28-19-6-2-1-3-7-19/h1-9,16-18H,10-15H2,(H,24,25)/t16-,17-,18+/m1/s1. The third-order valence-corrected chi connectivity index (χ3v) is 5.81. The summed E-state index contributed by atoms with van der Waals surface area (Å²) in [6.07, 6.45) is 5.37. The third-order valence-electron chi connectivity index (χ3n) is 5.81. The number of para-hydroxylation sites is 3. The number of carbonyl (C=O) groups excluding carboxylic acids is 2. The summed E-state index contributed by atoms with van der Waals surface area (Å²) in [5.41, 5.74) is 0.542. The van der Waals surface area contributed by atoms with E-state index >= 15 is 0 Å². The van der Waals surface area contributed by atoms with Gasteiger partial charge in [-0.05, 0) is 61.3 Å². The minimum atomic E-state index is -0.370. The van der Waals surface area contributed by atoms with Crippen LogP contribution >= 0.6 is 0 Å². The lowest BCUT2D eigenvalue weighted by Gasteiger charge is -2.20. The minimum absolute atomic E-state index is 0.276. The highest BCUT2D eigenvalue weighted by atomic mass is 16.5. The van der Waals surface area contributed by atoms with E-state index in [9.17, 15) is 9.59 Å². The molecule has 5 nitrogen and oxygen atoms in total. The van der Waals surface area contributed by atoms with Gasteiger partial charge in [0.05, 0.1) is 5.69 Å². The highest BCUT2D eigenvalue weighted by molar-refractivity contribution is 5.94. The Balaban J connectivity index is 1.27. The van der Waals surface area contributed by atoms with Crippen molar-refractivity contribution in [3.05, 3.63) is 54.6 Å². The summed E-state index contributed by atoms with van der Waals surface area (Å²) in [4.78, 5) is 24.4. The van der Waals surface area contributed by atoms with Gasteiger partial charge in [0, 0.05) is 6.42 Å². The number of nitrogens with one attached hydrogen (secondary N) is 1. The van der Waals surface area contributed by atoms with Gasteiger partial charge in [0.1, 0.15) is 5.75 Å². The van der Waals surface area contributed by atoms with Gasteiger partial charge in [-0.1, -0.05) is 36.8 Å². The smallest absolute Gasteiger partial charge is 0.306 e. The average molecular weight is 379 g/mol. The molecular weight excluding hydrogens is 354 g/mol. The Morgan fingerprint density at radius 1 is 0.964 bits per heavy atom. The molecule has 2 aliphatic carbocycles. The SMILES string of the molecule is O=C(COC(=O)C[C@@H]1C[C@@H]2CC[C@@H]1C2)Nc1ccccc1Oc1ccccc1. The van der Waals surface area contributed by atoms with Gasteiger partial charge in [0.2, 0.25) is 0 Å². The summed E-state index contributed by atoms with van der Waals surface area (Å²) >= 11 is 0. The highest BCUT2D eigenvalue weighted by Gasteiger charge is 2.40. The van der Waals surface area contributed by atoms with E-state index in [2.05, 4.69) is 5.32 Å². The van der Waals surface area contributed by atoms with E-state index < -0.39 is 0 Å². The number of benzene rings is 2. The molecule has 2 aromatic carbocycles. The van der Waals surface area contributed by atoms with E-state index in [1.165, 1.54) is 19.3 Å². The molecule has 1 amide bonds. The van der Waals surface area contributed by atoms with Crippen molar-refractivity contribution in [2.24, 2.45) is 17.8 Å². The van der Waals surface area contributed by atoms with Gasteiger partial charge < -0.3 is 14.8 Å². The fraction of sp³-hybridized carbons (Fsp3) is 0.391. The van der Waals surface area contributed by atoms with Crippen LogP contribution in [-0.2, 0) is 14.3 Å². The quantitative estimate of drug-likeness (QED) is 0.703. The molecule has 2 aliphatic rings. The second-order valence-electron chi connectivity index (χ2n) is 7.76. The number of esters is 1. The van der Waals surface area contributed by atoms with Crippen molar-refractivity contribution in [3.63, 3.8) is 0 Å². The number of carbonyl (C=O) groups is 2. The van der Waals surface area contributed by atoms with Gasteiger partial charge in [-0.15, -0.1) is 0 Å². The van der Waals surface area contributed by atoms with Crippen molar-refractivity contribution < 1.29 is 19.1 Å². The third kappa shape index (κ3) is 4.53. The van der Waals surface area contributed by atoms with E-state index in [0.29, 0.717) is 35.4 Å². The van der Waals surface area contributed by atoms with Gasteiger partial charge in [-0.2, -0.15) is 0 Å². The molecule has 1 N–H and O–H groups in total. The lowest BCUT2D eigenvalue weighted by molar-refractivity contribution is -0.148. The lowest BCUT2D eigenvalue weighted by atomic mass is 9.86. The normalized spacial score (nSPS) is 22.6. The van der Waals surface area contributed by atoms with Crippen molar-refractivity contribution >= 4 is 17.6 Å². The fourth-order valence-electron chi connectivity index (χ4n) is 4.51. The van der Waals surface area contributed by atoms with Gasteiger partial charge in [-0.25, -0.2) is 0 Å². The van der Waals surface area contributed by atoms with Crippen molar-refractivity contribution in [3.8, 4) is 11.5 Å². The number of rotatable bonds is 7. The second-order valence-corrected chi connectivity index (χ2v) is 7.76. The van der Waals surface area contributed by atoms with Crippen LogP contribution in [0.5, 0.6) is 11.5 Å². The van der Waals surface area contributed by atoms with Crippen molar-refractivity contribution in [2.75, 3.05) is 11.9 Å². The molecule has 2 saturated carbocycles. The molecule has 0 radical (unpaired) electrons. The van der Waals surface area contributed by atoms with Crippen LogP contribution in [0.2, 0.25) is 0 Å². The van der Waals surface area contributed by atoms with Crippen LogP contribution in [0, 0.1) is 17.8 Å². The van der Waals surface area contributed by atoms with E-state index in [-0.39, 0.29) is 18.5 Å². The molecule has 0 heterocycles. The molecule has 4 rings (SSSR count). The summed E-state index contributed by atoms with van der Waals surface area (Å²) in [6, 6.07) is 16.5. The fourth-order valence-corrected chi connectivity index (χ4v) is 4.51. The predicted octanol–water partition coefficient (Wildman–Crippen LogP) is 4.79. The number of fused-ring (bicyclic) bond motifs is 2. The van der Waals surface area contributed by atoms with Crippen LogP contribution in [-0.4, -0.2) is 18.5 Å². The highest BCUT2D eigenvalue weighted by Crippen LogP contribution is 2.49. The van der Waals surface area contributed by atoms with Gasteiger partial charge >= 0.3 is 5.97 Å². The van der Waals surface area contributed by atoms with Crippen molar-refractivity contribution in [1.82, 2.24) is 0 Å². The van der Waals surface area contributed by atoms with Crippen LogP contribution in [0.4, 0.5) is 5.69 Å². The Morgan fingerprint density at radius 3 is 2.50 bits per heavy atom. The first-order chi connectivity index (χ1) is 13.7. The molecule has 3 atom stereocenters. The molecule has 146 valence electrons. The predicted molar refractivity (Wildman–Crippen MR) is 106 cm³/mol. The molecule has 2 fully saturated rings. The Bertz CT molecular complexity index is 836. The molecule has 0 unspecified atom stereocenters. The van der Waals surface area contributed by atoms with Gasteiger partial charge in [0.15, 0.2) is 12.4 Å². The molecule has 0 aliphatic heterocycles. The second kappa shape index (κ2) is 8.46. The maximum atomic E-state index is 12.2. The summed E-state index contributed by atoms with van der Waals surface area (Å²) in [6.45, 7) is -0.278. The van der Waals surface area contributed by atoms with Gasteiger partial charge in [-0.3, -0.25) is 9.59 Å². The maximum Gasteiger partial charge on any atom is 0.306 e. The molecule has 0 aromatic heterocycles. The molecule has 28 heavy (non-hydrogen) atoms. The monoisotopic (exact) mass is 379 g/mol. The first kappa shape index (κ1) is 18.5. The lowest BCUT2D eigenvalue weighted by Crippen LogP contribution is -2.23. The number of hydrogen-bond donors (Lipinski definition) is 1. The maximum absolute atomic E-state index is 12.2. The molecule has 0 spiro atoms. The topological polar surface area (TPSA) is 64.6 Å². The Hall–Kier alpha value is -2.82. The van der Waals surface area contributed by atoms with E-state index in [1.807, 2.05) is 42.5 Å². The number of ether oxygens (including phenoxy) is 2. The summed E-state index contributed by atoms with van der Waals surface area (Å²) in [5.74, 6) is 2.48. The Labute approximate surface area is 165 Å². The largest absolute Gasteiger partial charge is 0.456 e. The summed E-state index contributed by atoms with van der Waals surface area (Å²) in [5, 5.41) is 2.77. The zero-order valence-corrected chi connectivity index (χ0v) is 15.8. The summed E-state index contributed by atoms with van der Waals surface area (Å²) in [7, 11) is 0. The van der Waals surface area contributed by atoms with Crippen LogP contribution in [0.25, 0.3) is 0 Å². The number of hydrogen-bond acceptors (Lipinski definition) is 4. The summed E-state index contributed by atoms with van der Waals surface area (Å²) < 4.78 is 11.0. The molecule has 2 bridgehead atoms. The zero-order valence-electron chi connectivity index (χ0n) is 15.8. The van der Waals surface area contributed by atoms with E-state index in [1.54, 1.807) is 12.1 Å². The van der Waals surface area contributed by atoms with E-state index in [0.717, 1.165) is 12.3 Å². The molecule has 5 heteroatoms. The zero-order chi connectivity index (χ0) is 19.3.